The zero-order valence-corrected chi connectivity index (χ0v) is 9.42. The van der Waals surface area contributed by atoms with E-state index in [1.165, 1.54) is 12.8 Å². The first kappa shape index (κ1) is 15.1. The number of nitrogens with zero attached hydrogens (tertiary/aromatic N) is 2. The second-order valence-corrected chi connectivity index (χ2v) is 3.77. The van der Waals surface area contributed by atoms with Gasteiger partial charge >= 0.3 is 5.51 Å². The Kier molecular flexibility index (Phi) is 6.98. The Bertz CT molecular complexity index is 301. The van der Waals surface area contributed by atoms with Crippen LogP contribution in [-0.2, 0) is 17.6 Å². The number of alkyl halides is 3. The fourth-order valence-corrected chi connectivity index (χ4v) is 0.760. The average molecular weight is 257 g/mol. The second kappa shape index (κ2) is 7.39. The summed E-state index contributed by atoms with van der Waals surface area (Å²) in [4.78, 5) is 3.94. The van der Waals surface area contributed by atoms with Crippen molar-refractivity contribution in [2.24, 2.45) is 0 Å². The minimum Gasteiger partial charge on any atom is -0.766 e. The monoisotopic (exact) mass is 257 g/mol. The number of aryl methyl sites for hydroxylation is 1. The molecule has 0 aromatic carbocycles. The first-order valence-corrected chi connectivity index (χ1v) is 5.57. The largest absolute Gasteiger partial charge is 0.766 e. The number of unbranched alkanes of at least 4 members (excludes halogenated alkanes) is 1. The highest BCUT2D eigenvalue weighted by atomic mass is 32.2. The van der Waals surface area contributed by atoms with E-state index in [1.54, 1.807) is 0 Å². The van der Waals surface area contributed by atoms with Gasteiger partial charge in [-0.2, -0.15) is 13.2 Å². The lowest BCUT2D eigenvalue weighted by molar-refractivity contribution is -0.0452. The number of imidazole rings is 1. The van der Waals surface area contributed by atoms with Crippen LogP contribution >= 0.6 is 0 Å². The van der Waals surface area contributed by atoms with Crippen LogP contribution in [0.2, 0.25) is 0 Å². The van der Waals surface area contributed by atoms with E-state index in [9.17, 15) is 13.2 Å². The van der Waals surface area contributed by atoms with Crippen molar-refractivity contribution in [2.75, 3.05) is 0 Å². The minimum atomic E-state index is -5.08. The number of aromatic nitrogens is 2. The van der Waals surface area contributed by atoms with Crippen LogP contribution < -0.4 is 0 Å². The van der Waals surface area contributed by atoms with Crippen molar-refractivity contribution in [3.8, 4) is 0 Å². The minimum absolute atomic E-state index is 1.11. The van der Waals surface area contributed by atoms with Crippen molar-refractivity contribution < 1.29 is 21.9 Å². The standard InChI is InChI=1S/C7H12N2.CHF3O2S/c1-2-3-5-9-6-4-8-7-9;2-1(3,4)7(5)6/h4,6-7H,2-3,5H2,1H3;(H,5,6)/p-1. The van der Waals surface area contributed by atoms with Crippen molar-refractivity contribution in [1.29, 1.82) is 0 Å². The average Bonchev–Trinajstić information content (AvgIpc) is 2.66. The molecule has 1 unspecified atom stereocenters. The summed E-state index contributed by atoms with van der Waals surface area (Å²) in [6, 6.07) is 0. The molecule has 0 aliphatic carbocycles. The van der Waals surface area contributed by atoms with E-state index < -0.39 is 16.6 Å². The summed E-state index contributed by atoms with van der Waals surface area (Å²) in [5, 5.41) is 0. The summed E-state index contributed by atoms with van der Waals surface area (Å²) < 4.78 is 51.6. The van der Waals surface area contributed by atoms with Gasteiger partial charge in [-0.3, -0.25) is 4.21 Å². The molecular formula is C8H12F3N2O2S-. The topological polar surface area (TPSA) is 58.0 Å². The van der Waals surface area contributed by atoms with Crippen molar-refractivity contribution in [1.82, 2.24) is 9.55 Å². The van der Waals surface area contributed by atoms with Crippen LogP contribution in [-0.4, -0.2) is 23.8 Å². The second-order valence-electron chi connectivity index (χ2n) is 2.83. The van der Waals surface area contributed by atoms with Crippen molar-refractivity contribution >= 4 is 11.1 Å². The Hall–Kier alpha value is -0.890. The maximum atomic E-state index is 10.6. The Morgan fingerprint density at radius 3 is 2.38 bits per heavy atom. The molecule has 1 aromatic rings. The maximum Gasteiger partial charge on any atom is 0.458 e. The third-order valence-corrected chi connectivity index (χ3v) is 1.90. The van der Waals surface area contributed by atoms with Gasteiger partial charge in [0, 0.05) is 18.9 Å². The van der Waals surface area contributed by atoms with E-state index in [4.69, 9.17) is 8.76 Å². The van der Waals surface area contributed by atoms with Gasteiger partial charge in [-0.05, 0) is 6.42 Å². The molecule has 0 amide bonds. The molecule has 0 fully saturated rings. The van der Waals surface area contributed by atoms with Crippen LogP contribution in [0.5, 0.6) is 0 Å². The summed E-state index contributed by atoms with van der Waals surface area (Å²) in [6.45, 7) is 3.30. The van der Waals surface area contributed by atoms with Crippen molar-refractivity contribution in [3.63, 3.8) is 0 Å². The third-order valence-electron chi connectivity index (χ3n) is 1.52. The van der Waals surface area contributed by atoms with Gasteiger partial charge in [0.15, 0.2) is 0 Å². The van der Waals surface area contributed by atoms with Crippen LogP contribution in [0.3, 0.4) is 0 Å². The van der Waals surface area contributed by atoms with Crippen LogP contribution in [0.4, 0.5) is 13.2 Å². The summed E-state index contributed by atoms with van der Waals surface area (Å²) in [5.41, 5.74) is -5.08. The normalized spacial score (nSPS) is 12.8. The van der Waals surface area contributed by atoms with E-state index in [-0.39, 0.29) is 0 Å². The first-order chi connectivity index (χ1) is 7.38. The van der Waals surface area contributed by atoms with E-state index >= 15 is 0 Å². The van der Waals surface area contributed by atoms with Crippen LogP contribution in [0.25, 0.3) is 0 Å². The van der Waals surface area contributed by atoms with Gasteiger partial charge in [-0.1, -0.05) is 13.3 Å². The lowest BCUT2D eigenvalue weighted by Crippen LogP contribution is -2.14. The predicted molar refractivity (Wildman–Crippen MR) is 52.1 cm³/mol. The number of halogens is 3. The van der Waals surface area contributed by atoms with E-state index in [0.717, 1.165) is 6.54 Å². The molecule has 0 aliphatic rings. The molecule has 1 aromatic heterocycles. The number of rotatable bonds is 3. The zero-order chi connectivity index (χ0) is 12.6. The number of hydrogen-bond acceptors (Lipinski definition) is 3. The summed E-state index contributed by atoms with van der Waals surface area (Å²) in [5.74, 6) is 0. The van der Waals surface area contributed by atoms with Gasteiger partial charge in [0.05, 0.1) is 17.4 Å². The molecule has 94 valence electrons. The van der Waals surface area contributed by atoms with Gasteiger partial charge in [-0.25, -0.2) is 4.98 Å². The van der Waals surface area contributed by atoms with Gasteiger partial charge in [-0.15, -0.1) is 0 Å². The molecule has 1 atom stereocenters. The molecule has 0 bridgehead atoms. The van der Waals surface area contributed by atoms with Gasteiger partial charge < -0.3 is 9.12 Å². The number of hydrogen-bond donors (Lipinski definition) is 0. The fraction of sp³-hybridized carbons (Fsp3) is 0.625. The maximum absolute atomic E-state index is 10.6. The molecule has 0 radical (unpaired) electrons. The van der Waals surface area contributed by atoms with Crippen LogP contribution in [0, 0.1) is 0 Å². The SMILES string of the molecule is CCCCn1ccnc1.O=S([O-])C(F)(F)F. The first-order valence-electron chi connectivity index (χ1n) is 4.49. The van der Waals surface area contributed by atoms with E-state index in [2.05, 4.69) is 16.5 Å². The van der Waals surface area contributed by atoms with Crippen LogP contribution in [0.1, 0.15) is 19.8 Å². The highest BCUT2D eigenvalue weighted by Crippen LogP contribution is 2.16. The van der Waals surface area contributed by atoms with Gasteiger partial charge in [0.1, 0.15) is 0 Å². The molecule has 0 N–H and O–H groups in total. The van der Waals surface area contributed by atoms with E-state index in [1.807, 2.05) is 18.7 Å². The van der Waals surface area contributed by atoms with Crippen molar-refractivity contribution in [2.45, 2.75) is 31.8 Å². The molecule has 0 aliphatic heterocycles. The molecule has 0 saturated heterocycles. The van der Waals surface area contributed by atoms with Gasteiger partial charge in [0.25, 0.3) is 0 Å². The molecule has 16 heavy (non-hydrogen) atoms. The van der Waals surface area contributed by atoms with E-state index in [0.29, 0.717) is 0 Å². The smallest absolute Gasteiger partial charge is 0.458 e. The molecule has 8 heteroatoms. The highest BCUT2D eigenvalue weighted by Gasteiger charge is 2.28. The summed E-state index contributed by atoms with van der Waals surface area (Å²) in [6.07, 6.45) is 8.16. The Balaban J connectivity index is 0.000000293. The lowest BCUT2D eigenvalue weighted by Gasteiger charge is -2.06. The Morgan fingerprint density at radius 2 is 2.06 bits per heavy atom. The van der Waals surface area contributed by atoms with Crippen molar-refractivity contribution in [3.05, 3.63) is 18.7 Å². The third kappa shape index (κ3) is 7.41. The molecule has 0 spiro atoms. The summed E-state index contributed by atoms with van der Waals surface area (Å²) in [7, 11) is 0. The molecule has 1 heterocycles. The fourth-order valence-electron chi connectivity index (χ4n) is 0.760. The Morgan fingerprint density at radius 1 is 1.50 bits per heavy atom. The Labute approximate surface area is 93.8 Å². The predicted octanol–water partition coefficient (Wildman–Crippen LogP) is 2.07. The highest BCUT2D eigenvalue weighted by molar-refractivity contribution is 7.80. The molecule has 1 rings (SSSR count). The lowest BCUT2D eigenvalue weighted by atomic mass is 10.3. The van der Waals surface area contributed by atoms with Gasteiger partial charge in [0.2, 0.25) is 0 Å². The quantitative estimate of drug-likeness (QED) is 0.779. The molecular weight excluding hydrogens is 245 g/mol. The zero-order valence-electron chi connectivity index (χ0n) is 8.61. The molecule has 0 saturated carbocycles. The molecule has 4 nitrogen and oxygen atoms in total. The van der Waals surface area contributed by atoms with Crippen LogP contribution in [0.15, 0.2) is 18.7 Å². The summed E-state index contributed by atoms with van der Waals surface area (Å²) >= 11 is -3.93.